The molecule has 3 aromatic rings. The lowest BCUT2D eigenvalue weighted by atomic mass is 10.0. The number of hydrogen-bond acceptors (Lipinski definition) is 4. The standard InChI is InChI=1S/C20H22F3N6O/c1-13(15-3-2-4-16(17(15)21)18(22)23)26-19-25-6-5-14-11-28(12-29(14)19)20(30)27-9-7-24-8-10-27/h2-6,11-13,18,24H,7-10H2,1H3,(H,25,26)/q+1/t13-/m1/s1. The predicted octanol–water partition coefficient (Wildman–Crippen LogP) is 2.74. The highest BCUT2D eigenvalue weighted by Gasteiger charge is 2.24. The van der Waals surface area contributed by atoms with Gasteiger partial charge >= 0.3 is 12.0 Å². The van der Waals surface area contributed by atoms with Crippen LogP contribution in [-0.4, -0.2) is 46.7 Å². The van der Waals surface area contributed by atoms with Crippen LogP contribution in [0.15, 0.2) is 43.0 Å². The van der Waals surface area contributed by atoms with Crippen molar-refractivity contribution >= 4 is 17.5 Å². The van der Waals surface area contributed by atoms with E-state index >= 15 is 0 Å². The molecule has 3 heterocycles. The van der Waals surface area contributed by atoms with E-state index in [4.69, 9.17) is 0 Å². The Morgan fingerprint density at radius 1 is 1.23 bits per heavy atom. The summed E-state index contributed by atoms with van der Waals surface area (Å²) in [6, 6.07) is 4.92. The third-order valence-corrected chi connectivity index (χ3v) is 5.17. The van der Waals surface area contributed by atoms with Gasteiger partial charge in [0.2, 0.25) is 0 Å². The van der Waals surface area contributed by atoms with Gasteiger partial charge < -0.3 is 10.2 Å². The summed E-state index contributed by atoms with van der Waals surface area (Å²) in [6.07, 6.45) is 1.97. The number of nitrogens with zero attached hydrogens (tertiary/aromatic N) is 4. The third kappa shape index (κ3) is 3.82. The van der Waals surface area contributed by atoms with Gasteiger partial charge in [-0.2, -0.15) is 4.40 Å². The fourth-order valence-electron chi connectivity index (χ4n) is 3.55. The number of aromatic nitrogens is 3. The van der Waals surface area contributed by atoms with Gasteiger partial charge in [-0.25, -0.2) is 22.5 Å². The number of carbonyl (C=O) groups excluding carboxylic acids is 1. The summed E-state index contributed by atoms with van der Waals surface area (Å²) >= 11 is 0. The summed E-state index contributed by atoms with van der Waals surface area (Å²) in [5.41, 5.74) is 0.196. The van der Waals surface area contributed by atoms with Crippen molar-refractivity contribution < 1.29 is 22.4 Å². The molecule has 4 rings (SSSR count). The molecule has 0 spiro atoms. The van der Waals surface area contributed by atoms with E-state index in [1.165, 1.54) is 16.7 Å². The number of rotatable bonds is 4. The maximum Gasteiger partial charge on any atom is 0.372 e. The number of amides is 1. The van der Waals surface area contributed by atoms with Gasteiger partial charge in [-0.15, -0.1) is 4.98 Å². The van der Waals surface area contributed by atoms with Crippen molar-refractivity contribution in [3.63, 3.8) is 0 Å². The Hall–Kier alpha value is -3.14. The zero-order chi connectivity index (χ0) is 21.3. The summed E-state index contributed by atoms with van der Waals surface area (Å²) in [4.78, 5) is 18.8. The molecule has 1 amide bonds. The number of nitrogens with one attached hydrogen (secondary N) is 2. The van der Waals surface area contributed by atoms with Gasteiger partial charge in [-0.1, -0.05) is 18.2 Å². The van der Waals surface area contributed by atoms with Crippen LogP contribution in [0.2, 0.25) is 0 Å². The molecule has 0 unspecified atom stereocenters. The Morgan fingerprint density at radius 3 is 2.70 bits per heavy atom. The Morgan fingerprint density at radius 2 is 1.97 bits per heavy atom. The number of hydrogen-bond donors (Lipinski definition) is 2. The minimum Gasteiger partial charge on any atom is -0.313 e. The van der Waals surface area contributed by atoms with Crippen molar-refractivity contribution in [2.75, 3.05) is 31.5 Å². The Kier molecular flexibility index (Phi) is 5.58. The Labute approximate surface area is 171 Å². The minimum absolute atomic E-state index is 0.114. The molecule has 10 heteroatoms. The summed E-state index contributed by atoms with van der Waals surface area (Å²) < 4.78 is 43.7. The van der Waals surface area contributed by atoms with E-state index < -0.39 is 23.8 Å². The second-order valence-electron chi connectivity index (χ2n) is 7.15. The van der Waals surface area contributed by atoms with Gasteiger partial charge in [0.25, 0.3) is 6.43 Å². The molecule has 0 aliphatic carbocycles. The largest absolute Gasteiger partial charge is 0.372 e. The van der Waals surface area contributed by atoms with Crippen molar-refractivity contribution in [3.05, 3.63) is 59.9 Å². The lowest BCUT2D eigenvalue weighted by Gasteiger charge is -2.25. The van der Waals surface area contributed by atoms with Crippen LogP contribution in [0.1, 0.15) is 30.5 Å². The van der Waals surface area contributed by atoms with E-state index in [0.717, 1.165) is 19.2 Å². The van der Waals surface area contributed by atoms with Gasteiger partial charge in [0.05, 0.1) is 24.0 Å². The van der Waals surface area contributed by atoms with Gasteiger partial charge in [0.15, 0.2) is 6.33 Å². The number of carbonyl (C=O) groups is 1. The number of benzene rings is 1. The van der Waals surface area contributed by atoms with E-state index in [1.807, 2.05) is 0 Å². The molecular weight excluding hydrogens is 397 g/mol. The molecule has 158 valence electrons. The Bertz CT molecular complexity index is 1060. The highest BCUT2D eigenvalue weighted by Crippen LogP contribution is 2.28. The molecule has 2 aromatic heterocycles. The van der Waals surface area contributed by atoms with E-state index in [0.29, 0.717) is 24.6 Å². The number of alkyl halides is 2. The second kappa shape index (κ2) is 8.31. The summed E-state index contributed by atoms with van der Waals surface area (Å²) in [7, 11) is 0. The number of piperazine rings is 1. The van der Waals surface area contributed by atoms with Crippen molar-refractivity contribution in [2.45, 2.75) is 19.4 Å². The summed E-state index contributed by atoms with van der Waals surface area (Å²) in [6.45, 7) is 4.40. The number of fused-ring (bicyclic) bond motifs is 1. The molecule has 7 nitrogen and oxygen atoms in total. The van der Waals surface area contributed by atoms with Gasteiger partial charge in [-0.05, 0) is 6.92 Å². The van der Waals surface area contributed by atoms with Crippen LogP contribution in [0.5, 0.6) is 0 Å². The van der Waals surface area contributed by atoms with Crippen molar-refractivity contribution in [2.24, 2.45) is 0 Å². The van der Waals surface area contributed by atoms with Crippen molar-refractivity contribution in [3.8, 4) is 0 Å². The van der Waals surface area contributed by atoms with E-state index in [-0.39, 0.29) is 11.6 Å². The lowest BCUT2D eigenvalue weighted by molar-refractivity contribution is -0.499. The first-order valence-corrected chi connectivity index (χ1v) is 9.67. The molecule has 0 saturated carbocycles. The van der Waals surface area contributed by atoms with Crippen LogP contribution in [0, 0.1) is 5.82 Å². The first kappa shape index (κ1) is 20.1. The van der Waals surface area contributed by atoms with Gasteiger partial charge in [0.1, 0.15) is 11.3 Å². The first-order chi connectivity index (χ1) is 14.5. The van der Waals surface area contributed by atoms with Crippen LogP contribution >= 0.6 is 0 Å². The van der Waals surface area contributed by atoms with E-state index in [2.05, 4.69) is 15.6 Å². The molecule has 0 bridgehead atoms. The molecule has 1 aromatic carbocycles. The molecule has 1 aliphatic heterocycles. The average Bonchev–Trinajstić information content (AvgIpc) is 3.19. The maximum absolute atomic E-state index is 14.5. The predicted molar refractivity (Wildman–Crippen MR) is 104 cm³/mol. The highest BCUT2D eigenvalue weighted by molar-refractivity contribution is 5.77. The van der Waals surface area contributed by atoms with Crippen LogP contribution in [-0.2, 0) is 0 Å². The third-order valence-electron chi connectivity index (χ3n) is 5.17. The van der Waals surface area contributed by atoms with Crippen molar-refractivity contribution in [1.29, 1.82) is 0 Å². The monoisotopic (exact) mass is 419 g/mol. The van der Waals surface area contributed by atoms with E-state index in [1.54, 1.807) is 41.0 Å². The number of anilines is 1. The zero-order valence-corrected chi connectivity index (χ0v) is 16.4. The second-order valence-corrected chi connectivity index (χ2v) is 7.15. The molecule has 0 radical (unpaired) electrons. The van der Waals surface area contributed by atoms with Crippen LogP contribution < -0.4 is 15.0 Å². The lowest BCUT2D eigenvalue weighted by Crippen LogP contribution is -2.47. The molecule has 1 aliphatic rings. The summed E-state index contributed by atoms with van der Waals surface area (Å²) in [5.74, 6) is -0.565. The molecule has 1 fully saturated rings. The Balaban J connectivity index is 1.61. The maximum atomic E-state index is 14.5. The number of halogens is 3. The molecule has 2 N–H and O–H groups in total. The summed E-state index contributed by atoms with van der Waals surface area (Å²) in [5, 5.41) is 6.26. The van der Waals surface area contributed by atoms with Crippen LogP contribution in [0.25, 0.3) is 5.52 Å². The zero-order valence-electron chi connectivity index (χ0n) is 16.4. The highest BCUT2D eigenvalue weighted by atomic mass is 19.3. The molecule has 30 heavy (non-hydrogen) atoms. The minimum atomic E-state index is -2.89. The van der Waals surface area contributed by atoms with Crippen LogP contribution in [0.4, 0.5) is 23.9 Å². The van der Waals surface area contributed by atoms with Crippen molar-refractivity contribution in [1.82, 2.24) is 19.8 Å². The molecular formula is C20H22F3N6O+. The average molecular weight is 419 g/mol. The molecule has 1 saturated heterocycles. The normalized spacial score (nSPS) is 15.6. The van der Waals surface area contributed by atoms with Gasteiger partial charge in [-0.3, -0.25) is 5.32 Å². The number of imidazole rings is 1. The molecule has 1 atom stereocenters. The fourth-order valence-corrected chi connectivity index (χ4v) is 3.55. The topological polar surface area (TPSA) is 66.3 Å². The van der Waals surface area contributed by atoms with Gasteiger partial charge in [0, 0.05) is 37.8 Å². The van der Waals surface area contributed by atoms with Crippen LogP contribution in [0.3, 0.4) is 0 Å². The first-order valence-electron chi connectivity index (χ1n) is 9.67. The quantitative estimate of drug-likeness (QED) is 0.639. The SMILES string of the molecule is C[C@@H](Nc1nccc2cn(C(=O)N3CCNCC3)c[n+]12)c1cccc(C(F)F)c1F. The van der Waals surface area contributed by atoms with E-state index in [9.17, 15) is 18.0 Å². The fraction of sp³-hybridized carbons (Fsp3) is 0.350. The smallest absolute Gasteiger partial charge is 0.313 e.